The van der Waals surface area contributed by atoms with Gasteiger partial charge in [-0.15, -0.1) is 0 Å². The van der Waals surface area contributed by atoms with Gasteiger partial charge in [-0.25, -0.2) is 4.39 Å². The maximum absolute atomic E-state index is 13.8. The molecule has 2 rings (SSSR count). The molecule has 1 aromatic rings. The summed E-state index contributed by atoms with van der Waals surface area (Å²) in [6.07, 6.45) is 2.11. The summed E-state index contributed by atoms with van der Waals surface area (Å²) in [7, 11) is 0. The third-order valence-corrected chi connectivity index (χ3v) is 3.69. The number of benzene rings is 1. The Balaban J connectivity index is 2.13. The minimum Gasteiger partial charge on any atom is -0.338 e. The number of likely N-dealkylation sites (tertiary alicyclic amines) is 1. The van der Waals surface area contributed by atoms with Crippen molar-refractivity contribution in [1.29, 1.82) is 0 Å². The maximum Gasteiger partial charge on any atom is 0.253 e. The first-order chi connectivity index (χ1) is 9.65. The predicted octanol–water partition coefficient (Wildman–Crippen LogP) is 2.01. The minimum absolute atomic E-state index is 0.0989. The molecule has 4 heteroatoms. The fraction of sp³-hybridized carbons (Fsp3) is 0.438. The average molecular weight is 274 g/mol. The zero-order valence-electron chi connectivity index (χ0n) is 11.7. The Hall–Kier alpha value is -1.86. The molecular formula is C16H19FN2O. The first-order valence-corrected chi connectivity index (χ1v) is 6.93. The number of carbonyl (C=O) groups excluding carboxylic acids is 1. The van der Waals surface area contributed by atoms with Crippen LogP contribution in [-0.2, 0) is 0 Å². The van der Waals surface area contributed by atoms with Crippen molar-refractivity contribution in [3.05, 3.63) is 35.1 Å². The summed E-state index contributed by atoms with van der Waals surface area (Å²) in [6.45, 7) is 3.84. The number of rotatable bonds is 2. The van der Waals surface area contributed by atoms with E-state index in [9.17, 15) is 9.18 Å². The smallest absolute Gasteiger partial charge is 0.253 e. The molecule has 1 unspecified atom stereocenters. The number of hydrogen-bond donors (Lipinski definition) is 1. The van der Waals surface area contributed by atoms with E-state index in [2.05, 4.69) is 18.8 Å². The number of amides is 1. The molecule has 20 heavy (non-hydrogen) atoms. The van der Waals surface area contributed by atoms with Gasteiger partial charge < -0.3 is 10.6 Å². The lowest BCUT2D eigenvalue weighted by Gasteiger charge is -2.16. The van der Waals surface area contributed by atoms with E-state index >= 15 is 0 Å². The molecule has 1 aliphatic heterocycles. The molecule has 1 fully saturated rings. The Labute approximate surface area is 119 Å². The van der Waals surface area contributed by atoms with Crippen molar-refractivity contribution in [3.63, 3.8) is 0 Å². The third-order valence-electron chi connectivity index (χ3n) is 3.69. The highest BCUT2D eigenvalue weighted by Crippen LogP contribution is 2.21. The summed E-state index contributed by atoms with van der Waals surface area (Å²) in [5, 5.41) is 0. The van der Waals surface area contributed by atoms with Crippen LogP contribution in [-0.4, -0.2) is 30.4 Å². The van der Waals surface area contributed by atoms with E-state index in [-0.39, 0.29) is 18.0 Å². The first-order valence-electron chi connectivity index (χ1n) is 6.93. The predicted molar refractivity (Wildman–Crippen MR) is 76.6 cm³/mol. The van der Waals surface area contributed by atoms with Gasteiger partial charge in [0, 0.05) is 18.7 Å². The van der Waals surface area contributed by atoms with Crippen molar-refractivity contribution < 1.29 is 9.18 Å². The molecule has 0 saturated carbocycles. The molecule has 0 radical (unpaired) electrons. The van der Waals surface area contributed by atoms with Crippen LogP contribution in [0.25, 0.3) is 0 Å². The SMILES string of the molecule is CCC1CCN(C(=O)c2ccc(C#CCN)c(F)c2)C1. The van der Waals surface area contributed by atoms with Crippen molar-refractivity contribution in [3.8, 4) is 11.8 Å². The van der Waals surface area contributed by atoms with Gasteiger partial charge in [0.15, 0.2) is 0 Å². The highest BCUT2D eigenvalue weighted by Gasteiger charge is 2.26. The highest BCUT2D eigenvalue weighted by atomic mass is 19.1. The summed E-state index contributed by atoms with van der Waals surface area (Å²) >= 11 is 0. The van der Waals surface area contributed by atoms with Crippen LogP contribution in [0, 0.1) is 23.6 Å². The zero-order chi connectivity index (χ0) is 14.5. The van der Waals surface area contributed by atoms with Crippen molar-refractivity contribution >= 4 is 5.91 Å². The van der Waals surface area contributed by atoms with E-state index in [1.807, 2.05) is 0 Å². The molecule has 2 N–H and O–H groups in total. The Morgan fingerprint density at radius 2 is 2.35 bits per heavy atom. The fourth-order valence-corrected chi connectivity index (χ4v) is 2.43. The molecule has 0 bridgehead atoms. The normalized spacial score (nSPS) is 17.8. The first kappa shape index (κ1) is 14.5. The second-order valence-corrected chi connectivity index (χ2v) is 5.01. The molecule has 3 nitrogen and oxygen atoms in total. The summed E-state index contributed by atoms with van der Waals surface area (Å²) in [6, 6.07) is 4.44. The fourth-order valence-electron chi connectivity index (χ4n) is 2.43. The molecule has 1 atom stereocenters. The molecule has 1 amide bonds. The van der Waals surface area contributed by atoms with Crippen molar-refractivity contribution in [2.45, 2.75) is 19.8 Å². The summed E-state index contributed by atoms with van der Waals surface area (Å²) in [5.41, 5.74) is 5.92. The van der Waals surface area contributed by atoms with E-state index in [1.165, 1.54) is 6.07 Å². The molecule has 1 aromatic carbocycles. The molecule has 1 saturated heterocycles. The number of nitrogens with two attached hydrogens (primary N) is 1. The van der Waals surface area contributed by atoms with Crippen LogP contribution in [0.3, 0.4) is 0 Å². The van der Waals surface area contributed by atoms with Crippen molar-refractivity contribution in [2.75, 3.05) is 19.6 Å². The summed E-state index contributed by atoms with van der Waals surface area (Å²) < 4.78 is 13.8. The lowest BCUT2D eigenvalue weighted by atomic mass is 10.1. The van der Waals surface area contributed by atoms with E-state index in [1.54, 1.807) is 17.0 Å². The van der Waals surface area contributed by atoms with Crippen LogP contribution in [0.2, 0.25) is 0 Å². The Bertz CT molecular complexity index is 559. The Kier molecular flexibility index (Phi) is 4.75. The average Bonchev–Trinajstić information content (AvgIpc) is 2.94. The number of carbonyl (C=O) groups is 1. The summed E-state index contributed by atoms with van der Waals surface area (Å²) in [5.74, 6) is 5.25. The zero-order valence-corrected chi connectivity index (χ0v) is 11.7. The van der Waals surface area contributed by atoms with E-state index in [4.69, 9.17) is 5.73 Å². The molecular weight excluding hydrogens is 255 g/mol. The van der Waals surface area contributed by atoms with Crippen LogP contribution in [0.5, 0.6) is 0 Å². The van der Waals surface area contributed by atoms with Gasteiger partial charge >= 0.3 is 0 Å². The van der Waals surface area contributed by atoms with Crippen molar-refractivity contribution in [2.24, 2.45) is 11.7 Å². The standard InChI is InChI=1S/C16H19FN2O/c1-2-12-7-9-19(11-12)16(20)14-6-5-13(4-3-8-18)15(17)10-14/h5-6,10,12H,2,7-9,11,18H2,1H3. The number of nitrogens with zero attached hydrogens (tertiary/aromatic N) is 1. The highest BCUT2D eigenvalue weighted by molar-refractivity contribution is 5.94. The topological polar surface area (TPSA) is 46.3 Å². The van der Waals surface area contributed by atoms with Crippen molar-refractivity contribution in [1.82, 2.24) is 4.90 Å². The lowest BCUT2D eigenvalue weighted by Crippen LogP contribution is -2.28. The van der Waals surface area contributed by atoms with Gasteiger partial charge in [0.1, 0.15) is 5.82 Å². The van der Waals surface area contributed by atoms with Gasteiger partial charge in [-0.3, -0.25) is 4.79 Å². The van der Waals surface area contributed by atoms with Gasteiger partial charge in [0.2, 0.25) is 0 Å². The lowest BCUT2D eigenvalue weighted by molar-refractivity contribution is 0.0786. The van der Waals surface area contributed by atoms with E-state index in [0.717, 1.165) is 25.9 Å². The van der Waals surface area contributed by atoms with E-state index in [0.29, 0.717) is 11.5 Å². The minimum atomic E-state index is -0.469. The molecule has 1 heterocycles. The quantitative estimate of drug-likeness (QED) is 0.839. The van der Waals surface area contributed by atoms with Crippen LogP contribution in [0.15, 0.2) is 18.2 Å². The van der Waals surface area contributed by atoms with Crippen LogP contribution in [0.4, 0.5) is 4.39 Å². The van der Waals surface area contributed by atoms with Gasteiger partial charge in [-0.2, -0.15) is 0 Å². The van der Waals surface area contributed by atoms with Crippen LogP contribution >= 0.6 is 0 Å². The van der Waals surface area contributed by atoms with Crippen LogP contribution < -0.4 is 5.73 Å². The largest absolute Gasteiger partial charge is 0.338 e. The maximum atomic E-state index is 13.8. The van der Waals surface area contributed by atoms with Crippen LogP contribution in [0.1, 0.15) is 35.7 Å². The van der Waals surface area contributed by atoms with E-state index < -0.39 is 5.82 Å². The summed E-state index contributed by atoms with van der Waals surface area (Å²) in [4.78, 5) is 14.1. The Morgan fingerprint density at radius 1 is 1.55 bits per heavy atom. The number of hydrogen-bond acceptors (Lipinski definition) is 2. The molecule has 0 spiro atoms. The molecule has 0 aliphatic carbocycles. The molecule has 106 valence electrons. The number of halogens is 1. The second kappa shape index (κ2) is 6.53. The second-order valence-electron chi connectivity index (χ2n) is 5.01. The van der Waals surface area contributed by atoms with Gasteiger partial charge in [-0.05, 0) is 30.5 Å². The third kappa shape index (κ3) is 3.17. The molecule has 1 aliphatic rings. The van der Waals surface area contributed by atoms with Gasteiger partial charge in [0.25, 0.3) is 5.91 Å². The molecule has 0 aromatic heterocycles. The van der Waals surface area contributed by atoms with Gasteiger partial charge in [0.05, 0.1) is 12.1 Å². The monoisotopic (exact) mass is 274 g/mol. The Morgan fingerprint density at radius 3 is 2.95 bits per heavy atom. The van der Waals surface area contributed by atoms with Gasteiger partial charge in [-0.1, -0.05) is 25.2 Å².